The number of rotatable bonds is 3. The molecule has 0 saturated heterocycles. The molecule has 0 aliphatic rings. The lowest BCUT2D eigenvalue weighted by Gasteiger charge is -2.11. The van der Waals surface area contributed by atoms with E-state index in [0.717, 1.165) is 34.7 Å². The van der Waals surface area contributed by atoms with E-state index in [1.807, 2.05) is 24.3 Å². The Morgan fingerprint density at radius 3 is 2.40 bits per heavy atom. The van der Waals surface area contributed by atoms with E-state index in [0.29, 0.717) is 0 Å². The number of hydrogen-bond donors (Lipinski definition) is 1. The van der Waals surface area contributed by atoms with Gasteiger partial charge in [-0.3, -0.25) is 0 Å². The van der Waals surface area contributed by atoms with Gasteiger partial charge < -0.3 is 10.3 Å². The maximum atomic E-state index is 6.00. The predicted octanol–water partition coefficient (Wildman–Crippen LogP) is 4.95. The Morgan fingerprint density at radius 2 is 1.64 bits per heavy atom. The molecule has 0 aliphatic carbocycles. The Labute approximate surface area is 147 Å². The summed E-state index contributed by atoms with van der Waals surface area (Å²) in [4.78, 5) is 4.93. The number of aromatic nitrogens is 2. The SMILES string of the molecule is Cc1cc2nc(-c3cccc(N)c3)n(Cc3ccccc3)c2cc1C. The first-order valence-corrected chi connectivity index (χ1v) is 8.49. The second kappa shape index (κ2) is 6.10. The first-order chi connectivity index (χ1) is 12.1. The van der Waals surface area contributed by atoms with Crippen LogP contribution in [0.25, 0.3) is 22.4 Å². The van der Waals surface area contributed by atoms with Gasteiger partial charge in [0.05, 0.1) is 11.0 Å². The van der Waals surface area contributed by atoms with Crippen molar-refractivity contribution in [2.24, 2.45) is 0 Å². The second-order valence-electron chi connectivity index (χ2n) is 6.56. The molecule has 3 heteroatoms. The molecule has 1 aromatic heterocycles. The molecule has 4 aromatic rings. The summed E-state index contributed by atoms with van der Waals surface area (Å²) < 4.78 is 2.28. The van der Waals surface area contributed by atoms with Gasteiger partial charge in [0.2, 0.25) is 0 Å². The average Bonchev–Trinajstić information content (AvgIpc) is 2.94. The van der Waals surface area contributed by atoms with E-state index in [1.165, 1.54) is 16.7 Å². The van der Waals surface area contributed by atoms with Crippen LogP contribution in [-0.2, 0) is 6.54 Å². The van der Waals surface area contributed by atoms with Crippen molar-refractivity contribution in [2.45, 2.75) is 20.4 Å². The third-order valence-electron chi connectivity index (χ3n) is 4.69. The summed E-state index contributed by atoms with van der Waals surface area (Å²) in [6.45, 7) is 5.06. The summed E-state index contributed by atoms with van der Waals surface area (Å²) in [6.07, 6.45) is 0. The molecule has 0 aliphatic heterocycles. The van der Waals surface area contributed by atoms with Gasteiger partial charge in [-0.2, -0.15) is 0 Å². The maximum absolute atomic E-state index is 6.00. The van der Waals surface area contributed by atoms with Crippen LogP contribution in [0.1, 0.15) is 16.7 Å². The zero-order valence-electron chi connectivity index (χ0n) is 14.5. The molecular weight excluding hydrogens is 306 g/mol. The van der Waals surface area contributed by atoms with Crippen molar-refractivity contribution >= 4 is 16.7 Å². The van der Waals surface area contributed by atoms with E-state index in [4.69, 9.17) is 10.7 Å². The van der Waals surface area contributed by atoms with Gasteiger partial charge in [0.1, 0.15) is 5.82 Å². The fraction of sp³-hybridized carbons (Fsp3) is 0.136. The van der Waals surface area contributed by atoms with E-state index in [2.05, 4.69) is 60.9 Å². The molecule has 0 bridgehead atoms. The van der Waals surface area contributed by atoms with Crippen LogP contribution in [0.5, 0.6) is 0 Å². The van der Waals surface area contributed by atoms with Gasteiger partial charge in [-0.15, -0.1) is 0 Å². The average molecular weight is 327 g/mol. The molecule has 0 spiro atoms. The van der Waals surface area contributed by atoms with Crippen LogP contribution in [0, 0.1) is 13.8 Å². The fourth-order valence-corrected chi connectivity index (χ4v) is 3.20. The molecule has 0 radical (unpaired) electrons. The van der Waals surface area contributed by atoms with Crippen LogP contribution in [0.15, 0.2) is 66.7 Å². The summed E-state index contributed by atoms with van der Waals surface area (Å²) in [5.74, 6) is 0.955. The summed E-state index contributed by atoms with van der Waals surface area (Å²) in [7, 11) is 0. The predicted molar refractivity (Wildman–Crippen MR) is 105 cm³/mol. The Kier molecular flexibility index (Phi) is 3.77. The zero-order valence-corrected chi connectivity index (χ0v) is 14.5. The number of nitrogen functional groups attached to an aromatic ring is 1. The van der Waals surface area contributed by atoms with Crippen molar-refractivity contribution in [3.63, 3.8) is 0 Å². The van der Waals surface area contributed by atoms with Gasteiger partial charge in [0.15, 0.2) is 0 Å². The molecule has 25 heavy (non-hydrogen) atoms. The lowest BCUT2D eigenvalue weighted by Crippen LogP contribution is -2.02. The Morgan fingerprint density at radius 1 is 0.880 bits per heavy atom. The lowest BCUT2D eigenvalue weighted by atomic mass is 10.1. The second-order valence-corrected chi connectivity index (χ2v) is 6.56. The van der Waals surface area contributed by atoms with Crippen LogP contribution < -0.4 is 5.73 Å². The van der Waals surface area contributed by atoms with Crippen molar-refractivity contribution in [1.29, 1.82) is 0 Å². The quantitative estimate of drug-likeness (QED) is 0.541. The van der Waals surface area contributed by atoms with Crippen molar-refractivity contribution in [3.05, 3.63) is 83.4 Å². The molecule has 0 atom stereocenters. The monoisotopic (exact) mass is 327 g/mol. The fourth-order valence-electron chi connectivity index (χ4n) is 3.20. The molecule has 3 aromatic carbocycles. The molecule has 2 N–H and O–H groups in total. The highest BCUT2D eigenvalue weighted by Crippen LogP contribution is 2.28. The number of fused-ring (bicyclic) bond motifs is 1. The number of hydrogen-bond acceptors (Lipinski definition) is 2. The zero-order chi connectivity index (χ0) is 17.4. The van der Waals surface area contributed by atoms with E-state index in [1.54, 1.807) is 0 Å². The first kappa shape index (κ1) is 15.5. The lowest BCUT2D eigenvalue weighted by molar-refractivity contribution is 0.834. The minimum absolute atomic E-state index is 0.753. The minimum atomic E-state index is 0.753. The van der Waals surface area contributed by atoms with Crippen LogP contribution in [-0.4, -0.2) is 9.55 Å². The van der Waals surface area contributed by atoms with Gasteiger partial charge in [-0.1, -0.05) is 42.5 Å². The Hall–Kier alpha value is -3.07. The molecule has 0 amide bonds. The number of nitrogens with zero attached hydrogens (tertiary/aromatic N) is 2. The third-order valence-corrected chi connectivity index (χ3v) is 4.69. The van der Waals surface area contributed by atoms with E-state index >= 15 is 0 Å². The molecule has 1 heterocycles. The van der Waals surface area contributed by atoms with Gasteiger partial charge in [-0.25, -0.2) is 4.98 Å². The summed E-state index contributed by atoms with van der Waals surface area (Å²) in [5, 5.41) is 0. The minimum Gasteiger partial charge on any atom is -0.399 e. The Balaban J connectivity index is 1.96. The highest BCUT2D eigenvalue weighted by molar-refractivity contribution is 5.82. The molecule has 0 saturated carbocycles. The van der Waals surface area contributed by atoms with Crippen molar-refractivity contribution in [1.82, 2.24) is 9.55 Å². The molecule has 0 unspecified atom stereocenters. The van der Waals surface area contributed by atoms with Gasteiger partial charge in [-0.05, 0) is 54.8 Å². The maximum Gasteiger partial charge on any atom is 0.141 e. The van der Waals surface area contributed by atoms with E-state index < -0.39 is 0 Å². The van der Waals surface area contributed by atoms with E-state index in [9.17, 15) is 0 Å². The van der Waals surface area contributed by atoms with Crippen LogP contribution in [0.3, 0.4) is 0 Å². The van der Waals surface area contributed by atoms with E-state index in [-0.39, 0.29) is 0 Å². The van der Waals surface area contributed by atoms with Crippen molar-refractivity contribution in [2.75, 3.05) is 5.73 Å². The standard InChI is InChI=1S/C22H21N3/c1-15-11-20-21(12-16(15)2)25(14-17-7-4-3-5-8-17)22(24-20)18-9-6-10-19(23)13-18/h3-13H,14,23H2,1-2H3. The largest absolute Gasteiger partial charge is 0.399 e. The highest BCUT2D eigenvalue weighted by atomic mass is 15.1. The summed E-state index contributed by atoms with van der Waals surface area (Å²) in [5.41, 5.74) is 13.8. The summed E-state index contributed by atoms with van der Waals surface area (Å²) >= 11 is 0. The topological polar surface area (TPSA) is 43.8 Å². The van der Waals surface area contributed by atoms with Crippen molar-refractivity contribution in [3.8, 4) is 11.4 Å². The van der Waals surface area contributed by atoms with Crippen LogP contribution >= 0.6 is 0 Å². The van der Waals surface area contributed by atoms with Crippen molar-refractivity contribution < 1.29 is 0 Å². The Bertz CT molecular complexity index is 1050. The number of imidazole rings is 1. The van der Waals surface area contributed by atoms with Crippen LogP contribution in [0.4, 0.5) is 5.69 Å². The summed E-state index contributed by atoms with van der Waals surface area (Å²) in [6, 6.07) is 22.8. The molecule has 4 rings (SSSR count). The van der Waals surface area contributed by atoms with Gasteiger partial charge in [0, 0.05) is 17.8 Å². The van der Waals surface area contributed by atoms with Gasteiger partial charge in [0.25, 0.3) is 0 Å². The molecule has 124 valence electrons. The van der Waals surface area contributed by atoms with Gasteiger partial charge >= 0.3 is 0 Å². The highest BCUT2D eigenvalue weighted by Gasteiger charge is 2.14. The first-order valence-electron chi connectivity index (χ1n) is 8.49. The number of anilines is 1. The molecular formula is C22H21N3. The number of aryl methyl sites for hydroxylation is 2. The number of nitrogens with two attached hydrogens (primary N) is 1. The normalized spacial score (nSPS) is 11.1. The molecule has 0 fully saturated rings. The third kappa shape index (κ3) is 2.89. The van der Waals surface area contributed by atoms with Crippen LogP contribution in [0.2, 0.25) is 0 Å². The number of benzene rings is 3. The molecule has 3 nitrogen and oxygen atoms in total. The smallest absolute Gasteiger partial charge is 0.141 e.